The number of aromatic nitrogens is 3. The Morgan fingerprint density at radius 2 is 1.75 bits per heavy atom. The van der Waals surface area contributed by atoms with Gasteiger partial charge in [-0.1, -0.05) is 24.3 Å². The summed E-state index contributed by atoms with van der Waals surface area (Å²) in [6.45, 7) is 8.51. The largest absolute Gasteiger partial charge is 0.373 e. The molecule has 1 aliphatic heterocycles. The van der Waals surface area contributed by atoms with E-state index in [1.54, 1.807) is 18.1 Å². The standard InChI is InChI=1S/C20H31N7O/c1-15-11-27(12-16(2)28-15)13-18-7-5-17(6-8-18)9-22-20(21-3)23-10-19-24-14-25-26(19)4/h5-8,14-16H,9-13H2,1-4H3,(H2,21,22,23). The number of aliphatic imine (C=N–C) groups is 1. The van der Waals surface area contributed by atoms with Crippen LogP contribution in [0, 0.1) is 0 Å². The second kappa shape index (κ2) is 9.66. The van der Waals surface area contributed by atoms with Crippen LogP contribution in [0.25, 0.3) is 0 Å². The molecule has 0 amide bonds. The molecular weight excluding hydrogens is 354 g/mol. The van der Waals surface area contributed by atoms with Gasteiger partial charge >= 0.3 is 0 Å². The van der Waals surface area contributed by atoms with Crippen LogP contribution in [-0.2, 0) is 31.4 Å². The van der Waals surface area contributed by atoms with Gasteiger partial charge in [0, 0.05) is 40.3 Å². The lowest BCUT2D eigenvalue weighted by molar-refractivity contribution is -0.0704. The fourth-order valence-corrected chi connectivity index (χ4v) is 3.48. The van der Waals surface area contributed by atoms with E-state index in [-0.39, 0.29) is 0 Å². The molecule has 1 aromatic carbocycles. The van der Waals surface area contributed by atoms with Crippen LogP contribution in [0.15, 0.2) is 35.6 Å². The van der Waals surface area contributed by atoms with E-state index in [0.29, 0.717) is 25.3 Å². The van der Waals surface area contributed by atoms with E-state index >= 15 is 0 Å². The van der Waals surface area contributed by atoms with Crippen molar-refractivity contribution < 1.29 is 4.74 Å². The Labute approximate surface area is 167 Å². The fourth-order valence-electron chi connectivity index (χ4n) is 3.48. The highest BCUT2D eigenvalue weighted by molar-refractivity contribution is 5.79. The summed E-state index contributed by atoms with van der Waals surface area (Å²) in [7, 11) is 3.64. The Hall–Kier alpha value is -2.45. The molecule has 28 heavy (non-hydrogen) atoms. The molecule has 152 valence electrons. The van der Waals surface area contributed by atoms with Gasteiger partial charge in [0.15, 0.2) is 5.96 Å². The summed E-state index contributed by atoms with van der Waals surface area (Å²) >= 11 is 0. The molecule has 2 atom stereocenters. The molecule has 8 nitrogen and oxygen atoms in total. The lowest BCUT2D eigenvalue weighted by Crippen LogP contribution is -2.44. The summed E-state index contributed by atoms with van der Waals surface area (Å²) in [6, 6.07) is 8.76. The lowest BCUT2D eigenvalue weighted by Gasteiger charge is -2.35. The Morgan fingerprint density at radius 1 is 1.11 bits per heavy atom. The normalized spacial score (nSPS) is 20.9. The zero-order valence-corrected chi connectivity index (χ0v) is 17.2. The number of morpholine rings is 1. The van der Waals surface area contributed by atoms with Crippen molar-refractivity contribution in [3.05, 3.63) is 47.5 Å². The second-order valence-electron chi connectivity index (χ2n) is 7.35. The van der Waals surface area contributed by atoms with Crippen molar-refractivity contribution in [2.75, 3.05) is 20.1 Å². The Morgan fingerprint density at radius 3 is 2.36 bits per heavy atom. The minimum absolute atomic E-state index is 0.299. The third kappa shape index (κ3) is 5.77. The first-order valence-electron chi connectivity index (χ1n) is 9.76. The van der Waals surface area contributed by atoms with Gasteiger partial charge < -0.3 is 15.4 Å². The maximum absolute atomic E-state index is 5.81. The van der Waals surface area contributed by atoms with Gasteiger partial charge in [0.05, 0.1) is 18.8 Å². The topological polar surface area (TPSA) is 79.6 Å². The molecule has 2 heterocycles. The molecule has 8 heteroatoms. The van der Waals surface area contributed by atoms with Gasteiger partial charge in [-0.25, -0.2) is 4.98 Å². The molecular formula is C20H31N7O. The quantitative estimate of drug-likeness (QED) is 0.576. The Balaban J connectivity index is 1.46. The van der Waals surface area contributed by atoms with Crippen LogP contribution >= 0.6 is 0 Å². The predicted molar refractivity (Wildman–Crippen MR) is 110 cm³/mol. The number of hydrogen-bond acceptors (Lipinski definition) is 5. The van der Waals surface area contributed by atoms with E-state index in [2.05, 4.69) is 68.7 Å². The maximum Gasteiger partial charge on any atom is 0.191 e. The number of benzene rings is 1. The maximum atomic E-state index is 5.81. The molecule has 1 aliphatic rings. The van der Waals surface area contributed by atoms with Crippen molar-refractivity contribution in [2.45, 2.75) is 45.7 Å². The fraction of sp³-hybridized carbons (Fsp3) is 0.550. The van der Waals surface area contributed by atoms with Gasteiger partial charge in [-0.2, -0.15) is 5.10 Å². The predicted octanol–water partition coefficient (Wildman–Crippen LogP) is 1.29. The summed E-state index contributed by atoms with van der Waals surface area (Å²) in [4.78, 5) is 10.9. The number of rotatable bonds is 6. The molecule has 0 spiro atoms. The number of nitrogens with zero attached hydrogens (tertiary/aromatic N) is 5. The average Bonchev–Trinajstić information content (AvgIpc) is 3.07. The zero-order valence-electron chi connectivity index (χ0n) is 17.2. The average molecular weight is 386 g/mol. The number of aryl methyl sites for hydroxylation is 1. The van der Waals surface area contributed by atoms with Gasteiger partial charge in [-0.3, -0.25) is 14.6 Å². The van der Waals surface area contributed by atoms with E-state index < -0.39 is 0 Å². The molecule has 0 saturated carbocycles. The highest BCUT2D eigenvalue weighted by Crippen LogP contribution is 2.14. The summed E-state index contributed by atoms with van der Waals surface area (Å²) in [5.74, 6) is 1.60. The smallest absolute Gasteiger partial charge is 0.191 e. The summed E-state index contributed by atoms with van der Waals surface area (Å²) in [6.07, 6.45) is 2.15. The van der Waals surface area contributed by atoms with E-state index in [9.17, 15) is 0 Å². The van der Waals surface area contributed by atoms with Crippen LogP contribution in [0.2, 0.25) is 0 Å². The van der Waals surface area contributed by atoms with Crippen molar-refractivity contribution in [1.29, 1.82) is 0 Å². The third-order valence-electron chi connectivity index (χ3n) is 4.83. The molecule has 1 saturated heterocycles. The first kappa shape index (κ1) is 20.3. The molecule has 1 fully saturated rings. The van der Waals surface area contributed by atoms with Crippen molar-refractivity contribution >= 4 is 5.96 Å². The van der Waals surface area contributed by atoms with E-state index in [4.69, 9.17) is 4.74 Å². The van der Waals surface area contributed by atoms with Gasteiger partial charge in [-0.05, 0) is 25.0 Å². The molecule has 2 N–H and O–H groups in total. The van der Waals surface area contributed by atoms with Gasteiger partial charge in [0.2, 0.25) is 0 Å². The van der Waals surface area contributed by atoms with Crippen molar-refractivity contribution in [1.82, 2.24) is 30.3 Å². The zero-order chi connectivity index (χ0) is 19.9. The second-order valence-corrected chi connectivity index (χ2v) is 7.35. The molecule has 0 bridgehead atoms. The Kier molecular flexibility index (Phi) is 7.00. The van der Waals surface area contributed by atoms with Crippen LogP contribution in [0.3, 0.4) is 0 Å². The highest BCUT2D eigenvalue weighted by atomic mass is 16.5. The van der Waals surface area contributed by atoms with Gasteiger partial charge in [0.25, 0.3) is 0 Å². The third-order valence-corrected chi connectivity index (χ3v) is 4.83. The Bertz CT molecular complexity index is 761. The molecule has 3 rings (SSSR count). The summed E-state index contributed by atoms with van der Waals surface area (Å²) in [5, 5.41) is 10.7. The van der Waals surface area contributed by atoms with Crippen molar-refractivity contribution in [3.8, 4) is 0 Å². The molecule has 0 aliphatic carbocycles. The van der Waals surface area contributed by atoms with Crippen LogP contribution in [0.1, 0.15) is 30.8 Å². The summed E-state index contributed by atoms with van der Waals surface area (Å²) in [5.41, 5.74) is 2.55. The number of nitrogens with one attached hydrogen (secondary N) is 2. The lowest BCUT2D eigenvalue weighted by atomic mass is 10.1. The highest BCUT2D eigenvalue weighted by Gasteiger charge is 2.21. The summed E-state index contributed by atoms with van der Waals surface area (Å²) < 4.78 is 7.56. The minimum Gasteiger partial charge on any atom is -0.373 e. The first-order chi connectivity index (χ1) is 13.5. The molecule has 2 unspecified atom stereocenters. The van der Waals surface area contributed by atoms with Crippen LogP contribution in [0.5, 0.6) is 0 Å². The van der Waals surface area contributed by atoms with Crippen molar-refractivity contribution in [2.24, 2.45) is 12.0 Å². The van der Waals surface area contributed by atoms with Crippen LogP contribution in [0.4, 0.5) is 0 Å². The van der Waals surface area contributed by atoms with Gasteiger partial charge in [0.1, 0.15) is 12.2 Å². The molecule has 1 aromatic heterocycles. The number of ether oxygens (including phenoxy) is 1. The van der Waals surface area contributed by atoms with Gasteiger partial charge in [-0.15, -0.1) is 0 Å². The minimum atomic E-state index is 0.299. The van der Waals surface area contributed by atoms with Crippen LogP contribution in [-0.4, -0.2) is 58.0 Å². The van der Waals surface area contributed by atoms with E-state index in [1.165, 1.54) is 11.1 Å². The molecule has 0 radical (unpaired) electrons. The van der Waals surface area contributed by atoms with Crippen LogP contribution < -0.4 is 10.6 Å². The SMILES string of the molecule is CN=C(NCc1ccc(CN2CC(C)OC(C)C2)cc1)NCc1ncnn1C. The first-order valence-corrected chi connectivity index (χ1v) is 9.76. The van der Waals surface area contributed by atoms with E-state index in [0.717, 1.165) is 31.4 Å². The van der Waals surface area contributed by atoms with Crippen molar-refractivity contribution in [3.63, 3.8) is 0 Å². The number of guanidine groups is 1. The molecule has 2 aromatic rings. The monoisotopic (exact) mass is 385 g/mol. The van der Waals surface area contributed by atoms with E-state index in [1.807, 2.05) is 7.05 Å². The number of hydrogen-bond donors (Lipinski definition) is 2.